The molecule has 100 valence electrons. The van der Waals surface area contributed by atoms with Gasteiger partial charge in [-0.05, 0) is 32.6 Å². The number of aliphatic hydroxyl groups is 1. The number of aliphatic hydroxyl groups excluding tert-OH is 1. The quantitative estimate of drug-likeness (QED) is 0.686. The summed E-state index contributed by atoms with van der Waals surface area (Å²) in [6.07, 6.45) is 1.70. The highest BCUT2D eigenvalue weighted by molar-refractivity contribution is 5.76. The van der Waals surface area contributed by atoms with Gasteiger partial charge in [0.15, 0.2) is 0 Å². The highest BCUT2D eigenvalue weighted by Gasteiger charge is 2.29. The van der Waals surface area contributed by atoms with E-state index in [1.165, 1.54) is 0 Å². The van der Waals surface area contributed by atoms with E-state index in [1.807, 2.05) is 13.8 Å². The Morgan fingerprint density at radius 1 is 1.61 bits per heavy atom. The lowest BCUT2D eigenvalue weighted by Crippen LogP contribution is -2.35. The van der Waals surface area contributed by atoms with Crippen LogP contribution in [0.25, 0.3) is 0 Å². The maximum absolute atomic E-state index is 11.7. The first kappa shape index (κ1) is 12.9. The van der Waals surface area contributed by atoms with Gasteiger partial charge in [-0.25, -0.2) is 0 Å². The number of amides is 1. The van der Waals surface area contributed by atoms with Crippen LogP contribution in [0.15, 0.2) is 0 Å². The maximum Gasteiger partial charge on any atom is 0.241 e. The number of carbonyl (C=O) groups is 1. The van der Waals surface area contributed by atoms with Crippen molar-refractivity contribution in [3.05, 3.63) is 11.4 Å². The predicted molar refractivity (Wildman–Crippen MR) is 67.9 cm³/mol. The largest absolute Gasteiger partial charge is 0.396 e. The van der Waals surface area contributed by atoms with E-state index in [2.05, 4.69) is 10.4 Å². The minimum atomic E-state index is -0.417. The summed E-state index contributed by atoms with van der Waals surface area (Å²) in [5.74, 6) is 0.218. The number of nitrogen functional groups attached to an aromatic ring is 1. The molecule has 0 bridgehead atoms. The fourth-order valence-electron chi connectivity index (χ4n) is 1.92. The molecule has 18 heavy (non-hydrogen) atoms. The first-order chi connectivity index (χ1) is 8.49. The van der Waals surface area contributed by atoms with E-state index in [-0.39, 0.29) is 12.5 Å². The van der Waals surface area contributed by atoms with Gasteiger partial charge in [-0.3, -0.25) is 9.48 Å². The molecule has 1 heterocycles. The second-order valence-electron chi connectivity index (χ2n) is 4.95. The van der Waals surface area contributed by atoms with E-state index >= 15 is 0 Å². The molecule has 1 fully saturated rings. The van der Waals surface area contributed by atoms with Crippen LogP contribution in [0, 0.1) is 19.8 Å². The van der Waals surface area contributed by atoms with E-state index in [9.17, 15) is 9.90 Å². The fraction of sp³-hybridized carbons (Fsp3) is 0.667. The van der Waals surface area contributed by atoms with Crippen molar-refractivity contribution in [3.8, 4) is 0 Å². The van der Waals surface area contributed by atoms with Gasteiger partial charge in [0, 0.05) is 6.54 Å². The Balaban J connectivity index is 1.84. The third kappa shape index (κ3) is 2.81. The standard InChI is InChI=1S/C12H20N4O2/c1-7-12(13)8(2)16(15-7)6-11(18)14-5-10(17)9-3-4-9/h9-10,17H,3-6,13H2,1-2H3,(H,14,18). The number of aryl methyl sites for hydroxylation is 1. The molecule has 0 aliphatic heterocycles. The first-order valence-corrected chi connectivity index (χ1v) is 6.23. The summed E-state index contributed by atoms with van der Waals surface area (Å²) in [4.78, 5) is 11.7. The molecule has 4 N–H and O–H groups in total. The van der Waals surface area contributed by atoms with Crippen LogP contribution in [0.1, 0.15) is 24.2 Å². The third-order valence-corrected chi connectivity index (χ3v) is 3.41. The number of aromatic nitrogens is 2. The van der Waals surface area contributed by atoms with Gasteiger partial charge in [-0.1, -0.05) is 0 Å². The fourth-order valence-corrected chi connectivity index (χ4v) is 1.92. The summed E-state index contributed by atoms with van der Waals surface area (Å²) < 4.78 is 1.59. The number of nitrogens with zero attached hydrogens (tertiary/aromatic N) is 2. The predicted octanol–water partition coefficient (Wildman–Crippen LogP) is -0.0308. The molecule has 0 aromatic carbocycles. The molecular formula is C12H20N4O2. The van der Waals surface area contributed by atoms with Crippen molar-refractivity contribution in [1.29, 1.82) is 0 Å². The summed E-state index contributed by atoms with van der Waals surface area (Å²) in [6.45, 7) is 4.11. The normalized spacial score (nSPS) is 16.6. The molecule has 0 spiro atoms. The minimum Gasteiger partial charge on any atom is -0.396 e. The van der Waals surface area contributed by atoms with E-state index in [0.29, 0.717) is 18.2 Å². The molecule has 6 heteroatoms. The van der Waals surface area contributed by atoms with Crippen LogP contribution in [-0.2, 0) is 11.3 Å². The molecule has 1 amide bonds. The zero-order chi connectivity index (χ0) is 13.3. The molecule has 1 unspecified atom stereocenters. The maximum atomic E-state index is 11.7. The molecule has 6 nitrogen and oxygen atoms in total. The van der Waals surface area contributed by atoms with Crippen LogP contribution < -0.4 is 11.1 Å². The number of nitrogens with one attached hydrogen (secondary N) is 1. The first-order valence-electron chi connectivity index (χ1n) is 6.23. The van der Waals surface area contributed by atoms with Crippen molar-refractivity contribution in [2.24, 2.45) is 5.92 Å². The Hall–Kier alpha value is -1.56. The van der Waals surface area contributed by atoms with Gasteiger partial charge in [0.25, 0.3) is 0 Å². The monoisotopic (exact) mass is 252 g/mol. The van der Waals surface area contributed by atoms with Gasteiger partial charge in [0.1, 0.15) is 6.54 Å². The highest BCUT2D eigenvalue weighted by Crippen LogP contribution is 2.32. The van der Waals surface area contributed by atoms with E-state index in [1.54, 1.807) is 4.68 Å². The molecule has 1 aromatic heterocycles. The number of anilines is 1. The lowest BCUT2D eigenvalue weighted by molar-refractivity contribution is -0.122. The zero-order valence-corrected chi connectivity index (χ0v) is 10.8. The third-order valence-electron chi connectivity index (χ3n) is 3.41. The summed E-state index contributed by atoms with van der Waals surface area (Å²) in [5.41, 5.74) is 7.95. The van der Waals surface area contributed by atoms with Crippen molar-refractivity contribution in [2.75, 3.05) is 12.3 Å². The van der Waals surface area contributed by atoms with E-state index in [0.717, 1.165) is 24.2 Å². The lowest BCUT2D eigenvalue weighted by Gasteiger charge is -2.11. The van der Waals surface area contributed by atoms with Crippen molar-refractivity contribution < 1.29 is 9.90 Å². The number of rotatable bonds is 5. The van der Waals surface area contributed by atoms with Crippen molar-refractivity contribution in [2.45, 2.75) is 39.3 Å². The van der Waals surface area contributed by atoms with E-state index in [4.69, 9.17) is 5.73 Å². The van der Waals surface area contributed by atoms with Gasteiger partial charge < -0.3 is 16.2 Å². The second kappa shape index (κ2) is 4.97. The van der Waals surface area contributed by atoms with Crippen LogP contribution in [-0.4, -0.2) is 33.4 Å². The molecular weight excluding hydrogens is 232 g/mol. The Bertz CT molecular complexity index is 451. The van der Waals surface area contributed by atoms with Crippen molar-refractivity contribution >= 4 is 11.6 Å². The van der Waals surface area contributed by atoms with Crippen LogP contribution in [0.3, 0.4) is 0 Å². The van der Waals surface area contributed by atoms with Gasteiger partial charge in [-0.2, -0.15) is 5.10 Å². The molecule has 1 saturated carbocycles. The van der Waals surface area contributed by atoms with Gasteiger partial charge in [-0.15, -0.1) is 0 Å². The van der Waals surface area contributed by atoms with Crippen molar-refractivity contribution in [1.82, 2.24) is 15.1 Å². The van der Waals surface area contributed by atoms with Gasteiger partial charge in [0.2, 0.25) is 5.91 Å². The van der Waals surface area contributed by atoms with Crippen LogP contribution in [0.5, 0.6) is 0 Å². The number of nitrogens with two attached hydrogens (primary N) is 1. The van der Waals surface area contributed by atoms with Gasteiger partial charge >= 0.3 is 0 Å². The Morgan fingerprint density at radius 2 is 2.28 bits per heavy atom. The number of hydrogen-bond donors (Lipinski definition) is 3. The summed E-state index contributed by atoms with van der Waals surface area (Å²) in [7, 11) is 0. The van der Waals surface area contributed by atoms with E-state index < -0.39 is 6.10 Å². The summed E-state index contributed by atoms with van der Waals surface area (Å²) in [5, 5.41) is 16.6. The van der Waals surface area contributed by atoms with Gasteiger partial charge in [0.05, 0.1) is 23.2 Å². The summed E-state index contributed by atoms with van der Waals surface area (Å²) in [6, 6.07) is 0. The zero-order valence-electron chi connectivity index (χ0n) is 10.8. The highest BCUT2D eigenvalue weighted by atomic mass is 16.3. The molecule has 1 aromatic rings. The second-order valence-corrected chi connectivity index (χ2v) is 4.95. The average Bonchev–Trinajstić information content (AvgIpc) is 3.13. The molecule has 0 saturated heterocycles. The minimum absolute atomic E-state index is 0.140. The molecule has 1 atom stereocenters. The number of hydrogen-bond acceptors (Lipinski definition) is 4. The van der Waals surface area contributed by atoms with Crippen molar-refractivity contribution in [3.63, 3.8) is 0 Å². The topological polar surface area (TPSA) is 93.2 Å². The smallest absolute Gasteiger partial charge is 0.241 e. The Labute approximate surface area is 106 Å². The Kier molecular flexibility index (Phi) is 3.56. The Morgan fingerprint density at radius 3 is 2.78 bits per heavy atom. The molecule has 1 aliphatic carbocycles. The summed E-state index contributed by atoms with van der Waals surface area (Å²) >= 11 is 0. The van der Waals surface area contributed by atoms with Crippen LogP contribution >= 0.6 is 0 Å². The van der Waals surface area contributed by atoms with Crippen LogP contribution in [0.4, 0.5) is 5.69 Å². The molecule has 0 radical (unpaired) electrons. The average molecular weight is 252 g/mol. The molecule has 1 aliphatic rings. The van der Waals surface area contributed by atoms with Crippen LogP contribution in [0.2, 0.25) is 0 Å². The lowest BCUT2D eigenvalue weighted by atomic mass is 10.2. The SMILES string of the molecule is Cc1nn(CC(=O)NCC(O)C2CC2)c(C)c1N. The molecule has 2 rings (SSSR count). The number of carbonyl (C=O) groups excluding carboxylic acids is 1.